The van der Waals surface area contributed by atoms with Crippen LogP contribution >= 0.6 is 23.2 Å². The Labute approximate surface area is 150 Å². The summed E-state index contributed by atoms with van der Waals surface area (Å²) in [5.74, 6) is 0.0129. The Bertz CT molecular complexity index is 855. The molecule has 1 amide bonds. The van der Waals surface area contributed by atoms with Crippen LogP contribution in [-0.2, 0) is 4.79 Å². The molecule has 1 N–H and O–H groups in total. The van der Waals surface area contributed by atoms with Crippen molar-refractivity contribution in [2.24, 2.45) is 0 Å². The maximum atomic E-state index is 12.3. The molecule has 0 unspecified atom stereocenters. The van der Waals surface area contributed by atoms with Crippen LogP contribution in [0.2, 0.25) is 10.0 Å². The van der Waals surface area contributed by atoms with Gasteiger partial charge in [-0.2, -0.15) is 5.26 Å². The van der Waals surface area contributed by atoms with Gasteiger partial charge in [0.1, 0.15) is 17.4 Å². The molecule has 0 fully saturated rings. The first-order valence-corrected chi connectivity index (χ1v) is 7.73. The maximum Gasteiger partial charge on any atom is 0.266 e. The van der Waals surface area contributed by atoms with Gasteiger partial charge < -0.3 is 10.1 Å². The van der Waals surface area contributed by atoms with E-state index >= 15 is 0 Å². The Balaban J connectivity index is 2.31. The van der Waals surface area contributed by atoms with Crippen molar-refractivity contribution in [3.8, 4) is 11.8 Å². The smallest absolute Gasteiger partial charge is 0.266 e. The van der Waals surface area contributed by atoms with Crippen molar-refractivity contribution >= 4 is 40.9 Å². The Morgan fingerprint density at radius 3 is 2.71 bits per heavy atom. The summed E-state index contributed by atoms with van der Waals surface area (Å²) >= 11 is 12.0. The normalized spacial score (nSPS) is 10.9. The van der Waals surface area contributed by atoms with Crippen molar-refractivity contribution < 1.29 is 9.53 Å². The lowest BCUT2D eigenvalue weighted by molar-refractivity contribution is -0.112. The van der Waals surface area contributed by atoms with Gasteiger partial charge in [0.2, 0.25) is 0 Å². The molecule has 122 valence electrons. The number of ether oxygens (including phenoxy) is 1. The molecular formula is C18H14Cl2N2O2. The highest BCUT2D eigenvalue weighted by Crippen LogP contribution is 2.25. The molecule has 0 spiro atoms. The minimum atomic E-state index is -0.526. The first-order chi connectivity index (χ1) is 11.4. The summed E-state index contributed by atoms with van der Waals surface area (Å²) in [6.45, 7) is 1.79. The summed E-state index contributed by atoms with van der Waals surface area (Å²) in [5.41, 5.74) is 1.82. The van der Waals surface area contributed by atoms with E-state index in [0.717, 1.165) is 5.56 Å². The molecule has 0 aliphatic heterocycles. The van der Waals surface area contributed by atoms with Crippen molar-refractivity contribution in [2.75, 3.05) is 12.4 Å². The number of carbonyl (C=O) groups excluding carboxylic acids is 1. The molecule has 2 rings (SSSR count). The molecule has 0 bridgehead atoms. The van der Waals surface area contributed by atoms with Crippen LogP contribution in [-0.4, -0.2) is 13.0 Å². The second kappa shape index (κ2) is 7.87. The number of nitrogens with one attached hydrogen (secondary N) is 1. The average molecular weight is 361 g/mol. The molecule has 0 heterocycles. The molecule has 6 heteroatoms. The second-order valence-electron chi connectivity index (χ2n) is 4.96. The summed E-state index contributed by atoms with van der Waals surface area (Å²) in [4.78, 5) is 12.3. The second-order valence-corrected chi connectivity index (χ2v) is 5.80. The summed E-state index contributed by atoms with van der Waals surface area (Å²) in [7, 11) is 1.51. The molecule has 0 saturated carbocycles. The third-order valence-corrected chi connectivity index (χ3v) is 3.95. The van der Waals surface area contributed by atoms with Crippen molar-refractivity contribution in [1.82, 2.24) is 0 Å². The number of halogens is 2. The molecule has 0 aromatic heterocycles. The lowest BCUT2D eigenvalue weighted by atomic mass is 10.1. The zero-order valence-corrected chi connectivity index (χ0v) is 14.6. The Morgan fingerprint density at radius 1 is 1.29 bits per heavy atom. The minimum absolute atomic E-state index is 0.0568. The zero-order chi connectivity index (χ0) is 17.7. The van der Waals surface area contributed by atoms with Crippen molar-refractivity contribution in [3.05, 3.63) is 63.1 Å². The van der Waals surface area contributed by atoms with Gasteiger partial charge in [-0.15, -0.1) is 0 Å². The Morgan fingerprint density at radius 2 is 2.04 bits per heavy atom. The monoisotopic (exact) mass is 360 g/mol. The van der Waals surface area contributed by atoms with Crippen LogP contribution in [0.25, 0.3) is 6.08 Å². The fourth-order valence-corrected chi connectivity index (χ4v) is 2.44. The predicted octanol–water partition coefficient (Wildman–Crippen LogP) is 4.86. The van der Waals surface area contributed by atoms with Gasteiger partial charge in [0, 0.05) is 15.7 Å². The minimum Gasteiger partial charge on any atom is -0.497 e. The number of hydrogen-bond donors (Lipinski definition) is 1. The van der Waals surface area contributed by atoms with E-state index in [1.54, 1.807) is 43.3 Å². The van der Waals surface area contributed by atoms with E-state index in [4.69, 9.17) is 27.9 Å². The Kier molecular flexibility index (Phi) is 5.86. The first kappa shape index (κ1) is 17.9. The van der Waals surface area contributed by atoms with Gasteiger partial charge in [0.05, 0.1) is 7.11 Å². The molecule has 0 saturated heterocycles. The van der Waals surface area contributed by atoms with Crippen molar-refractivity contribution in [2.45, 2.75) is 6.92 Å². The highest BCUT2D eigenvalue weighted by atomic mass is 35.5. The number of benzene rings is 2. The fourth-order valence-electron chi connectivity index (χ4n) is 2.03. The molecule has 0 atom stereocenters. The SMILES string of the molecule is COc1cc(Cl)cc(/C=C(\C#N)C(=O)Nc2cccc(Cl)c2C)c1. The summed E-state index contributed by atoms with van der Waals surface area (Å²) < 4.78 is 5.12. The van der Waals surface area contributed by atoms with Crippen LogP contribution in [0.5, 0.6) is 5.75 Å². The third-order valence-electron chi connectivity index (χ3n) is 3.32. The largest absolute Gasteiger partial charge is 0.497 e. The van der Waals surface area contributed by atoms with Gasteiger partial charge in [0.25, 0.3) is 5.91 Å². The lowest BCUT2D eigenvalue weighted by Crippen LogP contribution is -2.14. The number of nitriles is 1. The van der Waals surface area contributed by atoms with E-state index in [1.165, 1.54) is 13.2 Å². The van der Waals surface area contributed by atoms with Gasteiger partial charge in [-0.1, -0.05) is 29.3 Å². The molecule has 2 aromatic rings. The fraction of sp³-hybridized carbons (Fsp3) is 0.111. The molecule has 0 aliphatic rings. The predicted molar refractivity (Wildman–Crippen MR) is 96.4 cm³/mol. The Hall–Kier alpha value is -2.48. The van der Waals surface area contributed by atoms with Crippen molar-refractivity contribution in [3.63, 3.8) is 0 Å². The van der Waals surface area contributed by atoms with Crippen molar-refractivity contribution in [1.29, 1.82) is 5.26 Å². The van der Waals surface area contributed by atoms with Gasteiger partial charge >= 0.3 is 0 Å². The third kappa shape index (κ3) is 4.29. The number of anilines is 1. The van der Waals surface area contributed by atoms with E-state index in [9.17, 15) is 10.1 Å². The topological polar surface area (TPSA) is 62.1 Å². The molecule has 24 heavy (non-hydrogen) atoms. The molecule has 0 radical (unpaired) electrons. The number of amides is 1. The average Bonchev–Trinajstić information content (AvgIpc) is 2.56. The number of hydrogen-bond acceptors (Lipinski definition) is 3. The summed E-state index contributed by atoms with van der Waals surface area (Å²) in [6, 6.07) is 12.0. The lowest BCUT2D eigenvalue weighted by Gasteiger charge is -2.09. The van der Waals surface area contributed by atoms with E-state index in [1.807, 2.05) is 6.07 Å². The quantitative estimate of drug-likeness (QED) is 0.625. The van der Waals surface area contributed by atoms with Crippen LogP contribution in [0, 0.1) is 18.3 Å². The van der Waals surface area contributed by atoms with Gasteiger partial charge in [0.15, 0.2) is 0 Å². The zero-order valence-electron chi connectivity index (χ0n) is 13.1. The highest BCUT2D eigenvalue weighted by molar-refractivity contribution is 6.32. The van der Waals surface area contributed by atoms with Crippen LogP contribution in [0.1, 0.15) is 11.1 Å². The molecular weight excluding hydrogens is 347 g/mol. The van der Waals surface area contributed by atoms with Gasteiger partial charge in [-0.3, -0.25) is 4.79 Å². The highest BCUT2D eigenvalue weighted by Gasteiger charge is 2.12. The number of methoxy groups -OCH3 is 1. The van der Waals surface area contributed by atoms with Gasteiger partial charge in [-0.05, 0) is 54.5 Å². The standard InChI is InChI=1S/C18H14Cl2N2O2/c1-11-16(20)4-3-5-17(11)22-18(23)13(10-21)6-12-7-14(19)9-15(8-12)24-2/h3-9H,1-2H3,(H,22,23)/b13-6+. The van der Waals surface area contributed by atoms with E-state index < -0.39 is 5.91 Å². The summed E-state index contributed by atoms with van der Waals surface area (Å²) in [5, 5.41) is 13.0. The number of nitrogens with zero attached hydrogens (tertiary/aromatic N) is 1. The van der Waals surface area contributed by atoms with Gasteiger partial charge in [-0.25, -0.2) is 0 Å². The van der Waals surface area contributed by atoms with Crippen LogP contribution in [0.3, 0.4) is 0 Å². The van der Waals surface area contributed by atoms with Crippen LogP contribution < -0.4 is 10.1 Å². The maximum absolute atomic E-state index is 12.3. The number of carbonyl (C=O) groups is 1. The van der Waals surface area contributed by atoms with E-state index in [2.05, 4.69) is 5.32 Å². The molecule has 4 nitrogen and oxygen atoms in total. The first-order valence-electron chi connectivity index (χ1n) is 6.97. The summed E-state index contributed by atoms with van der Waals surface area (Å²) in [6.07, 6.45) is 1.45. The van der Waals surface area contributed by atoms with E-state index in [-0.39, 0.29) is 5.57 Å². The number of rotatable bonds is 4. The van der Waals surface area contributed by atoms with E-state index in [0.29, 0.717) is 27.0 Å². The molecule has 2 aromatic carbocycles. The van der Waals surface area contributed by atoms with Crippen LogP contribution in [0.4, 0.5) is 5.69 Å². The molecule has 0 aliphatic carbocycles. The van der Waals surface area contributed by atoms with Crippen LogP contribution in [0.15, 0.2) is 42.0 Å².